The third kappa shape index (κ3) is 6.72. The molecule has 0 aliphatic carbocycles. The van der Waals surface area contributed by atoms with Gasteiger partial charge in [0.25, 0.3) is 5.91 Å². The number of likely N-dealkylation sites (N-methyl/N-ethyl adjacent to an activating group) is 1. The van der Waals surface area contributed by atoms with Gasteiger partial charge in [-0.05, 0) is 27.7 Å². The van der Waals surface area contributed by atoms with Crippen molar-refractivity contribution in [3.8, 4) is 5.88 Å². The Morgan fingerprint density at radius 3 is 2.65 bits per heavy atom. The summed E-state index contributed by atoms with van der Waals surface area (Å²) in [5.74, 6) is -1.46. The van der Waals surface area contributed by atoms with Gasteiger partial charge in [-0.2, -0.15) is 9.97 Å². The lowest BCUT2D eigenvalue weighted by Crippen LogP contribution is -2.44. The number of ether oxygens (including phenoxy) is 3. The number of hydrogen-bond donors (Lipinski definition) is 5. The zero-order valence-electron chi connectivity index (χ0n) is 24.3. The Labute approximate surface area is 250 Å². The van der Waals surface area contributed by atoms with Crippen molar-refractivity contribution in [2.45, 2.75) is 69.9 Å². The molecule has 3 amide bonds. The molecule has 2 fully saturated rings. The highest BCUT2D eigenvalue weighted by Gasteiger charge is 2.54. The van der Waals surface area contributed by atoms with Crippen molar-refractivity contribution in [1.29, 1.82) is 0 Å². The fourth-order valence-corrected chi connectivity index (χ4v) is 8.43. The Kier molecular flexibility index (Phi) is 9.55. The summed E-state index contributed by atoms with van der Waals surface area (Å²) >= 11 is 0.686. The van der Waals surface area contributed by atoms with Crippen molar-refractivity contribution in [1.82, 2.24) is 34.8 Å². The summed E-state index contributed by atoms with van der Waals surface area (Å²) in [6.07, 6.45) is -3.16. The first-order valence-electron chi connectivity index (χ1n) is 13.1. The van der Waals surface area contributed by atoms with Crippen LogP contribution in [-0.2, 0) is 28.2 Å². The number of nitrogens with one attached hydrogen (secondary N) is 2. The molecule has 0 unspecified atom stereocenters. The zero-order chi connectivity index (χ0) is 31.9. The molecule has 4 heterocycles. The quantitative estimate of drug-likeness (QED) is 0.114. The molecule has 2 aromatic rings. The van der Waals surface area contributed by atoms with E-state index in [2.05, 4.69) is 25.4 Å². The van der Waals surface area contributed by atoms with E-state index in [4.69, 9.17) is 24.5 Å². The van der Waals surface area contributed by atoms with E-state index in [0.717, 1.165) is 4.90 Å². The summed E-state index contributed by atoms with van der Waals surface area (Å²) in [6, 6.07) is -2.66. The van der Waals surface area contributed by atoms with E-state index in [1.165, 1.54) is 38.9 Å². The molecule has 0 bridgehead atoms. The van der Waals surface area contributed by atoms with Crippen molar-refractivity contribution in [2.24, 2.45) is 0 Å². The largest absolute Gasteiger partial charge is 0.479 e. The molecule has 0 radical (unpaired) electrons. The number of imidazole rings is 1. The van der Waals surface area contributed by atoms with Crippen LogP contribution in [0.15, 0.2) is 6.33 Å². The smallest absolute Gasteiger partial charge is 0.327 e. The molecule has 2 saturated heterocycles. The molecular formula is C23H35N8O10PS. The number of aliphatic hydroxyl groups excluding tert-OH is 1. The van der Waals surface area contributed by atoms with Crippen LogP contribution in [0.25, 0.3) is 11.2 Å². The van der Waals surface area contributed by atoms with E-state index in [1.807, 2.05) is 0 Å². The van der Waals surface area contributed by atoms with Crippen LogP contribution in [-0.4, -0.2) is 115 Å². The number of nitrogen functional groups attached to an aromatic ring is 1. The Hall–Kier alpha value is -3.06. The topological polar surface area (TPSA) is 243 Å². The molecule has 6 N–H and O–H groups in total. The van der Waals surface area contributed by atoms with Gasteiger partial charge in [0.05, 0.1) is 26.1 Å². The molecule has 2 aromatic heterocycles. The van der Waals surface area contributed by atoms with Gasteiger partial charge >= 0.3 is 18.7 Å². The number of nitrogens with zero attached hydrogens (tertiary/aromatic N) is 5. The monoisotopic (exact) mass is 646 g/mol. The predicted octanol–water partition coefficient (Wildman–Crippen LogP) is -0.236. The van der Waals surface area contributed by atoms with Crippen molar-refractivity contribution in [3.63, 3.8) is 0 Å². The van der Waals surface area contributed by atoms with Crippen LogP contribution < -0.4 is 20.9 Å². The number of carbonyl (C=O) groups is 3. The van der Waals surface area contributed by atoms with Crippen molar-refractivity contribution < 1.29 is 47.9 Å². The molecule has 4 rings (SSSR count). The van der Waals surface area contributed by atoms with Gasteiger partial charge in [-0.3, -0.25) is 24.0 Å². The van der Waals surface area contributed by atoms with E-state index in [9.17, 15) is 29.2 Å². The summed E-state index contributed by atoms with van der Waals surface area (Å²) < 4.78 is 37.5. The number of aromatic nitrogens is 4. The molecule has 2 aliphatic rings. The minimum Gasteiger partial charge on any atom is -0.479 e. The first kappa shape index (κ1) is 32.8. The standard InChI is InChI=1S/C23H35N8O10PS/c1-10(2)40-19(34)11(3)29-42(37,43-8-12-17(33)27-22(35)30(12)5)39-7-13-15(32)23(4,36)20(41-13)31-9-25-14-16(31)26-21(24)28-18(14)38-6/h9-13,15,20,32,36H,7-8H2,1-6H3,(H,29,37)(H2,24,26,28)(H,27,33,35)/t11-,12+,13+,15+,20+,23+,42+/m0/s1. The normalized spacial score (nSPS) is 27.9. The number of methoxy groups -OCH3 is 1. The number of anilines is 1. The van der Waals surface area contributed by atoms with Crippen LogP contribution in [0.2, 0.25) is 0 Å². The Morgan fingerprint density at radius 1 is 1.35 bits per heavy atom. The van der Waals surface area contributed by atoms with Crippen LogP contribution in [0, 0.1) is 0 Å². The number of carbonyl (C=O) groups excluding carboxylic acids is 3. The van der Waals surface area contributed by atoms with Gasteiger partial charge < -0.3 is 39.6 Å². The molecule has 0 saturated carbocycles. The summed E-state index contributed by atoms with van der Waals surface area (Å²) in [6.45, 7) is 1.49. The third-order valence-electron chi connectivity index (χ3n) is 6.80. The maximum atomic E-state index is 14.0. The summed E-state index contributed by atoms with van der Waals surface area (Å²) in [5, 5.41) is 27.1. The van der Waals surface area contributed by atoms with Gasteiger partial charge in [0.15, 0.2) is 17.4 Å². The minimum atomic E-state index is -4.05. The Balaban J connectivity index is 1.54. The number of urea groups is 1. The van der Waals surface area contributed by atoms with Gasteiger partial charge in [-0.1, -0.05) is 11.4 Å². The second-order valence-corrected chi connectivity index (χ2v) is 14.8. The van der Waals surface area contributed by atoms with Crippen molar-refractivity contribution in [3.05, 3.63) is 6.33 Å². The molecule has 0 aromatic carbocycles. The number of fused-ring (bicyclic) bond motifs is 1. The van der Waals surface area contributed by atoms with Gasteiger partial charge in [-0.25, -0.2) is 14.9 Å². The second-order valence-electron chi connectivity index (χ2n) is 10.5. The average Bonchev–Trinajstić information content (AvgIpc) is 3.52. The predicted molar refractivity (Wildman–Crippen MR) is 152 cm³/mol. The lowest BCUT2D eigenvalue weighted by atomic mass is 9.96. The average molecular weight is 647 g/mol. The van der Waals surface area contributed by atoms with Crippen LogP contribution in [0.5, 0.6) is 5.88 Å². The van der Waals surface area contributed by atoms with E-state index < -0.39 is 73.5 Å². The van der Waals surface area contributed by atoms with E-state index in [1.54, 1.807) is 13.8 Å². The highest BCUT2D eigenvalue weighted by atomic mass is 32.7. The third-order valence-corrected chi connectivity index (χ3v) is 10.9. The molecule has 0 spiro atoms. The summed E-state index contributed by atoms with van der Waals surface area (Å²) in [7, 11) is 2.79. The van der Waals surface area contributed by atoms with Crippen LogP contribution in [0.3, 0.4) is 0 Å². The highest BCUT2D eigenvalue weighted by Crippen LogP contribution is 2.57. The summed E-state index contributed by atoms with van der Waals surface area (Å²) in [5.41, 5.74) is 4.27. The number of nitrogens with two attached hydrogens (primary N) is 1. The minimum absolute atomic E-state index is 0.0942. The number of imide groups is 1. The maximum Gasteiger partial charge on any atom is 0.327 e. The first-order valence-corrected chi connectivity index (χ1v) is 16.3. The molecule has 2 aliphatic heterocycles. The molecular weight excluding hydrogens is 611 g/mol. The lowest BCUT2D eigenvalue weighted by Gasteiger charge is -2.27. The number of amides is 3. The molecule has 238 valence electrons. The number of aliphatic hydroxyl groups is 2. The molecule has 7 atom stereocenters. The van der Waals surface area contributed by atoms with E-state index in [0.29, 0.717) is 11.4 Å². The second kappa shape index (κ2) is 12.5. The van der Waals surface area contributed by atoms with Crippen LogP contribution in [0.1, 0.15) is 33.9 Å². The van der Waals surface area contributed by atoms with Crippen molar-refractivity contribution in [2.75, 3.05) is 32.3 Å². The lowest BCUT2D eigenvalue weighted by molar-refractivity contribution is -0.149. The van der Waals surface area contributed by atoms with E-state index in [-0.39, 0.29) is 28.7 Å². The van der Waals surface area contributed by atoms with Gasteiger partial charge in [0.2, 0.25) is 11.8 Å². The number of esters is 1. The molecule has 18 nitrogen and oxygen atoms in total. The van der Waals surface area contributed by atoms with Crippen LogP contribution >= 0.6 is 18.1 Å². The number of hydrogen-bond acceptors (Lipinski definition) is 15. The maximum absolute atomic E-state index is 14.0. The first-order chi connectivity index (χ1) is 20.1. The Morgan fingerprint density at radius 2 is 2.05 bits per heavy atom. The van der Waals surface area contributed by atoms with Crippen LogP contribution in [0.4, 0.5) is 10.7 Å². The molecule has 43 heavy (non-hydrogen) atoms. The summed E-state index contributed by atoms with van der Waals surface area (Å²) in [4.78, 5) is 50.1. The van der Waals surface area contributed by atoms with Gasteiger partial charge in [0, 0.05) is 12.8 Å². The fourth-order valence-electron chi connectivity index (χ4n) is 4.46. The number of rotatable bonds is 12. The molecule has 20 heteroatoms. The van der Waals surface area contributed by atoms with Crippen molar-refractivity contribution >= 4 is 53.1 Å². The highest BCUT2D eigenvalue weighted by molar-refractivity contribution is 8.56. The zero-order valence-corrected chi connectivity index (χ0v) is 26.0. The Bertz CT molecular complexity index is 1440. The van der Waals surface area contributed by atoms with E-state index >= 15 is 0 Å². The SMILES string of the molecule is COc1nc(N)nc2c1ncn2[C@@H]1O[C@H](CO[P@](=O)(N[C@@H](C)C(=O)OC(C)C)SC[C@@H]2C(=O)NC(=O)N2C)[C@@H](O)[C@@]1(C)O. The van der Waals surface area contributed by atoms with Gasteiger partial charge in [0.1, 0.15) is 29.9 Å². The fraction of sp³-hybridized carbons (Fsp3) is 0.652. The van der Waals surface area contributed by atoms with Gasteiger partial charge in [-0.15, -0.1) is 0 Å².